The number of nitrogens with one attached hydrogen (secondary N) is 1. The molecule has 0 bridgehead atoms. The number of hydrogen-bond donors (Lipinski definition) is 1. The van der Waals surface area contributed by atoms with Crippen LogP contribution in [0.15, 0.2) is 24.3 Å². The molecule has 1 aromatic carbocycles. The van der Waals surface area contributed by atoms with Gasteiger partial charge < -0.3 is 9.84 Å². The predicted molar refractivity (Wildman–Crippen MR) is 54.4 cm³/mol. The van der Waals surface area contributed by atoms with E-state index in [1.165, 1.54) is 12.1 Å². The van der Waals surface area contributed by atoms with Crippen molar-refractivity contribution in [3.8, 4) is 5.75 Å². The van der Waals surface area contributed by atoms with Gasteiger partial charge in [-0.25, -0.2) is 0 Å². The van der Waals surface area contributed by atoms with Crippen molar-refractivity contribution in [1.29, 1.82) is 0 Å². The Bertz CT molecular complexity index is 410. The smallest absolute Gasteiger partial charge is 0.411 e. The lowest BCUT2D eigenvalue weighted by atomic mass is 10.2. The van der Waals surface area contributed by atoms with Gasteiger partial charge in [0.1, 0.15) is 0 Å². The van der Waals surface area contributed by atoms with E-state index in [9.17, 15) is 18.3 Å². The van der Waals surface area contributed by atoms with Gasteiger partial charge in [0.05, 0.1) is 5.69 Å². The second-order valence-corrected chi connectivity index (χ2v) is 3.67. The van der Waals surface area contributed by atoms with E-state index in [4.69, 9.17) is 0 Å². The number of rotatable bonds is 2. The number of halogens is 3. The maximum atomic E-state index is 12.7. The Hall–Kier alpha value is -1.51. The highest BCUT2D eigenvalue weighted by atomic mass is 19.4. The SMILES string of the molecule is C[OH+]c1ccc(N2NOC([O-])C2C(F)(F)F)cc1. The Morgan fingerprint density at radius 1 is 1.33 bits per heavy atom. The molecule has 0 radical (unpaired) electrons. The monoisotopic (exact) mass is 264 g/mol. The van der Waals surface area contributed by atoms with Crippen molar-refractivity contribution in [3.63, 3.8) is 0 Å². The molecule has 0 aliphatic carbocycles. The number of hydrogen-bond acceptors (Lipinski definition) is 4. The highest BCUT2D eigenvalue weighted by Gasteiger charge is 2.49. The van der Waals surface area contributed by atoms with Crippen molar-refractivity contribution in [2.24, 2.45) is 0 Å². The maximum Gasteiger partial charge on any atom is 0.411 e. The fourth-order valence-corrected chi connectivity index (χ4v) is 1.63. The molecule has 1 heterocycles. The lowest BCUT2D eigenvalue weighted by Crippen LogP contribution is -2.52. The molecule has 2 rings (SSSR count). The van der Waals surface area contributed by atoms with E-state index in [0.717, 1.165) is 0 Å². The molecule has 2 N–H and O–H groups in total. The third-order valence-corrected chi connectivity index (χ3v) is 2.52. The van der Waals surface area contributed by atoms with E-state index in [0.29, 0.717) is 10.8 Å². The summed E-state index contributed by atoms with van der Waals surface area (Å²) in [5.41, 5.74) is 2.17. The second-order valence-electron chi connectivity index (χ2n) is 3.67. The van der Waals surface area contributed by atoms with Gasteiger partial charge in [0.25, 0.3) is 5.75 Å². The molecule has 2 atom stereocenters. The number of anilines is 1. The Kier molecular flexibility index (Phi) is 3.33. The van der Waals surface area contributed by atoms with Crippen LogP contribution in [0.3, 0.4) is 0 Å². The van der Waals surface area contributed by atoms with Crippen LogP contribution in [0, 0.1) is 0 Å². The normalized spacial score (nSPS) is 24.4. The van der Waals surface area contributed by atoms with Crippen LogP contribution >= 0.6 is 0 Å². The summed E-state index contributed by atoms with van der Waals surface area (Å²) in [6.07, 6.45) is -6.90. The summed E-state index contributed by atoms with van der Waals surface area (Å²) >= 11 is 0. The maximum absolute atomic E-state index is 12.7. The molecule has 0 amide bonds. The van der Waals surface area contributed by atoms with Crippen molar-refractivity contribution in [1.82, 2.24) is 5.59 Å². The first-order chi connectivity index (χ1) is 8.43. The van der Waals surface area contributed by atoms with Crippen LogP contribution in [0.25, 0.3) is 0 Å². The van der Waals surface area contributed by atoms with Crippen molar-refractivity contribution < 1.29 is 27.9 Å². The standard InChI is InChI=1S/C10H10F3N2O3/c1-17-7-4-2-6(3-5-7)15-8(10(11,12)13)9(16)18-14-15/h2-5,8-9,14H,1H3/q-1/p+1. The molecule has 1 fully saturated rings. The van der Waals surface area contributed by atoms with Gasteiger partial charge in [0.15, 0.2) is 13.2 Å². The summed E-state index contributed by atoms with van der Waals surface area (Å²) in [4.78, 5) is 4.29. The molecule has 0 spiro atoms. The van der Waals surface area contributed by atoms with Gasteiger partial charge in [-0.1, -0.05) is 0 Å². The molecule has 2 unspecified atom stereocenters. The van der Waals surface area contributed by atoms with Gasteiger partial charge in [-0.15, -0.1) is 5.59 Å². The summed E-state index contributed by atoms with van der Waals surface area (Å²) in [7, 11) is 1.57. The molecule has 5 nitrogen and oxygen atoms in total. The van der Waals surface area contributed by atoms with Crippen molar-refractivity contribution in [2.75, 3.05) is 12.1 Å². The average Bonchev–Trinajstić information content (AvgIpc) is 2.71. The zero-order chi connectivity index (χ0) is 13.3. The molecule has 0 aromatic heterocycles. The van der Waals surface area contributed by atoms with Gasteiger partial charge >= 0.3 is 6.18 Å². The van der Waals surface area contributed by atoms with E-state index >= 15 is 0 Å². The summed E-state index contributed by atoms with van der Waals surface area (Å²) in [6.45, 7) is 0. The van der Waals surface area contributed by atoms with Crippen molar-refractivity contribution in [2.45, 2.75) is 18.5 Å². The zero-order valence-electron chi connectivity index (χ0n) is 9.31. The Labute approximate surface area is 101 Å². The van der Waals surface area contributed by atoms with Gasteiger partial charge in [-0.05, 0) is 12.1 Å². The van der Waals surface area contributed by atoms with Gasteiger partial charge in [0.2, 0.25) is 0 Å². The van der Waals surface area contributed by atoms with Crippen LogP contribution in [0.5, 0.6) is 5.75 Å². The number of hydrazine groups is 1. The van der Waals surface area contributed by atoms with E-state index in [2.05, 4.69) is 9.57 Å². The van der Waals surface area contributed by atoms with Crippen molar-refractivity contribution >= 4 is 5.69 Å². The second kappa shape index (κ2) is 4.63. The molecule has 1 aliphatic rings. The molecule has 100 valence electrons. The van der Waals surface area contributed by atoms with Gasteiger partial charge in [-0.2, -0.15) is 13.2 Å². The lowest BCUT2D eigenvalue weighted by molar-refractivity contribution is -0.499. The first-order valence-electron chi connectivity index (χ1n) is 5.06. The molecule has 0 saturated carbocycles. The number of aliphatic hydroxyl groups is 1. The third-order valence-electron chi connectivity index (χ3n) is 2.52. The first-order valence-corrected chi connectivity index (χ1v) is 5.06. The Morgan fingerprint density at radius 3 is 2.44 bits per heavy atom. The van der Waals surface area contributed by atoms with Gasteiger partial charge in [-0.3, -0.25) is 9.85 Å². The van der Waals surface area contributed by atoms with Crippen LogP contribution in [0.1, 0.15) is 0 Å². The van der Waals surface area contributed by atoms with E-state index in [1.54, 1.807) is 19.2 Å². The fourth-order valence-electron chi connectivity index (χ4n) is 1.63. The molecular weight excluding hydrogens is 253 g/mol. The Balaban J connectivity index is 2.25. The highest BCUT2D eigenvalue weighted by molar-refractivity contribution is 5.49. The van der Waals surface area contributed by atoms with Crippen LogP contribution in [0.4, 0.5) is 18.9 Å². The number of benzene rings is 1. The number of aromatic hydroxyl groups is 1. The molecule has 8 heteroatoms. The lowest BCUT2D eigenvalue weighted by Gasteiger charge is -2.29. The average molecular weight is 264 g/mol. The largest absolute Gasteiger partial charge is 0.828 e. The molecule has 1 aromatic rings. The topological polar surface area (TPSA) is 60.4 Å². The van der Waals surface area contributed by atoms with E-state index in [1.807, 2.05) is 5.59 Å². The quantitative estimate of drug-likeness (QED) is 0.787. The summed E-state index contributed by atoms with van der Waals surface area (Å²) in [5, 5.41) is 11.8. The Morgan fingerprint density at radius 2 is 1.94 bits per heavy atom. The zero-order valence-corrected chi connectivity index (χ0v) is 9.31. The molecule has 1 aliphatic heterocycles. The number of ether oxygens (including phenoxy) is 1. The highest BCUT2D eigenvalue weighted by Crippen LogP contribution is 2.32. The van der Waals surface area contributed by atoms with Crippen LogP contribution in [0.2, 0.25) is 0 Å². The van der Waals surface area contributed by atoms with E-state index in [-0.39, 0.29) is 5.69 Å². The van der Waals surface area contributed by atoms with Crippen LogP contribution in [-0.2, 0) is 4.84 Å². The molecule has 18 heavy (non-hydrogen) atoms. The predicted octanol–water partition coefficient (Wildman–Crippen LogP) is 0.431. The van der Waals surface area contributed by atoms with Crippen LogP contribution in [-0.4, -0.2) is 30.4 Å². The minimum atomic E-state index is -4.68. The molecular formula is C10H11F3N2O3. The summed E-state index contributed by atoms with van der Waals surface area (Å²) in [5.74, 6) is 0.626. The fraction of sp³-hybridized carbons (Fsp3) is 0.400. The third kappa shape index (κ3) is 2.35. The summed E-state index contributed by atoms with van der Waals surface area (Å²) < 4.78 is 42.0. The number of alkyl halides is 3. The summed E-state index contributed by atoms with van der Waals surface area (Å²) in [6, 6.07) is 3.68. The minimum Gasteiger partial charge on any atom is -0.828 e. The number of nitrogens with zero attached hydrogens (tertiary/aromatic N) is 1. The molecule has 1 saturated heterocycles. The van der Waals surface area contributed by atoms with Gasteiger partial charge in [0, 0.05) is 18.4 Å². The van der Waals surface area contributed by atoms with Crippen molar-refractivity contribution in [3.05, 3.63) is 24.3 Å². The minimum absolute atomic E-state index is 0.183. The van der Waals surface area contributed by atoms with Crippen LogP contribution < -0.4 is 15.7 Å². The van der Waals surface area contributed by atoms with E-state index < -0.39 is 18.5 Å². The first kappa shape index (κ1) is 12.9.